The number of rotatable bonds is 6. The monoisotopic (exact) mass is 230 g/mol. The number of hydrogen-bond acceptors (Lipinski definition) is 3. The SMILES string of the molecule is C/C=C/CCNC(=O)N[C@H](C(=O)O)[C@@H](C)O. The Morgan fingerprint density at radius 2 is 2.06 bits per heavy atom. The van der Waals surface area contributed by atoms with Crippen LogP contribution in [-0.2, 0) is 4.79 Å². The maximum absolute atomic E-state index is 11.2. The Labute approximate surface area is 94.3 Å². The first-order valence-corrected chi connectivity index (χ1v) is 5.05. The van der Waals surface area contributed by atoms with E-state index in [1.165, 1.54) is 6.92 Å². The average Bonchev–Trinajstić information content (AvgIpc) is 2.20. The molecule has 0 aliphatic heterocycles. The number of carbonyl (C=O) groups is 2. The maximum atomic E-state index is 11.2. The molecule has 16 heavy (non-hydrogen) atoms. The first-order valence-electron chi connectivity index (χ1n) is 5.05. The fourth-order valence-electron chi connectivity index (χ4n) is 1.02. The molecule has 0 heterocycles. The molecule has 0 unspecified atom stereocenters. The molecule has 0 rings (SSSR count). The van der Waals surface area contributed by atoms with Gasteiger partial charge >= 0.3 is 12.0 Å². The van der Waals surface area contributed by atoms with Crippen molar-refractivity contribution in [2.24, 2.45) is 0 Å². The van der Waals surface area contributed by atoms with Gasteiger partial charge in [0.25, 0.3) is 0 Å². The summed E-state index contributed by atoms with van der Waals surface area (Å²) in [6, 6.07) is -1.89. The van der Waals surface area contributed by atoms with Gasteiger partial charge in [0.05, 0.1) is 6.10 Å². The minimum absolute atomic E-state index is 0.419. The minimum Gasteiger partial charge on any atom is -0.480 e. The highest BCUT2D eigenvalue weighted by molar-refractivity contribution is 5.82. The molecule has 0 saturated heterocycles. The molecule has 0 aromatic heterocycles. The van der Waals surface area contributed by atoms with Gasteiger partial charge in [-0.05, 0) is 20.3 Å². The summed E-state index contributed by atoms with van der Waals surface area (Å²) in [5, 5.41) is 22.4. The minimum atomic E-state index is -1.29. The number of nitrogens with one attached hydrogen (secondary N) is 2. The summed E-state index contributed by atoms with van der Waals surface area (Å²) >= 11 is 0. The second-order valence-corrected chi connectivity index (χ2v) is 3.31. The Bertz CT molecular complexity index is 264. The van der Waals surface area contributed by atoms with E-state index in [1.54, 1.807) is 0 Å². The number of carboxylic acids is 1. The summed E-state index contributed by atoms with van der Waals surface area (Å²) in [5.41, 5.74) is 0. The molecule has 2 amide bonds. The van der Waals surface area contributed by atoms with Crippen LogP contribution in [-0.4, -0.2) is 40.9 Å². The largest absolute Gasteiger partial charge is 0.480 e. The maximum Gasteiger partial charge on any atom is 0.328 e. The van der Waals surface area contributed by atoms with E-state index in [2.05, 4.69) is 10.6 Å². The Morgan fingerprint density at radius 1 is 1.44 bits per heavy atom. The molecule has 0 fully saturated rings. The lowest BCUT2D eigenvalue weighted by atomic mass is 10.2. The third-order valence-electron chi connectivity index (χ3n) is 1.87. The third-order valence-corrected chi connectivity index (χ3v) is 1.87. The van der Waals surface area contributed by atoms with Crippen molar-refractivity contribution in [3.8, 4) is 0 Å². The van der Waals surface area contributed by atoms with E-state index in [9.17, 15) is 9.59 Å². The number of aliphatic carboxylic acids is 1. The van der Waals surface area contributed by atoms with Gasteiger partial charge in [-0.15, -0.1) is 0 Å². The van der Waals surface area contributed by atoms with E-state index >= 15 is 0 Å². The Balaban J connectivity index is 3.96. The Kier molecular flexibility index (Phi) is 6.95. The van der Waals surface area contributed by atoms with Gasteiger partial charge in [-0.2, -0.15) is 0 Å². The summed E-state index contributed by atoms with van der Waals surface area (Å²) in [6.07, 6.45) is 3.27. The first-order chi connectivity index (χ1) is 7.49. The van der Waals surface area contributed by atoms with Crippen LogP contribution in [0.15, 0.2) is 12.2 Å². The molecule has 6 heteroatoms. The van der Waals surface area contributed by atoms with Crippen LogP contribution in [0.4, 0.5) is 4.79 Å². The number of hydrogen-bond donors (Lipinski definition) is 4. The van der Waals surface area contributed by atoms with Gasteiger partial charge in [-0.3, -0.25) is 0 Å². The van der Waals surface area contributed by atoms with E-state index in [0.717, 1.165) is 0 Å². The highest BCUT2D eigenvalue weighted by atomic mass is 16.4. The van der Waals surface area contributed by atoms with Gasteiger partial charge in [0.1, 0.15) is 0 Å². The fourth-order valence-corrected chi connectivity index (χ4v) is 1.02. The molecule has 6 nitrogen and oxygen atoms in total. The van der Waals surface area contributed by atoms with Crippen LogP contribution in [0, 0.1) is 0 Å². The van der Waals surface area contributed by atoms with Gasteiger partial charge in [-0.1, -0.05) is 12.2 Å². The van der Waals surface area contributed by atoms with Crippen LogP contribution in [0.1, 0.15) is 20.3 Å². The standard InChI is InChI=1S/C10H18N2O4/c1-3-4-5-6-11-10(16)12-8(7(2)13)9(14)15/h3-4,7-8,13H,5-6H2,1-2H3,(H,14,15)(H2,11,12,16)/b4-3+/t7-,8+/m1/s1. The number of allylic oxidation sites excluding steroid dienone is 1. The Morgan fingerprint density at radius 3 is 2.50 bits per heavy atom. The second kappa shape index (κ2) is 7.70. The molecule has 0 radical (unpaired) electrons. The number of carbonyl (C=O) groups excluding carboxylic acids is 1. The van der Waals surface area contributed by atoms with Gasteiger partial charge in [0.15, 0.2) is 6.04 Å². The summed E-state index contributed by atoms with van der Waals surface area (Å²) < 4.78 is 0. The molecular formula is C10H18N2O4. The number of aliphatic hydroxyl groups excluding tert-OH is 1. The topological polar surface area (TPSA) is 98.7 Å². The molecule has 0 aliphatic carbocycles. The van der Waals surface area contributed by atoms with Gasteiger partial charge in [-0.25, -0.2) is 9.59 Å². The zero-order valence-corrected chi connectivity index (χ0v) is 9.43. The lowest BCUT2D eigenvalue weighted by Crippen LogP contribution is -2.51. The van der Waals surface area contributed by atoms with Crippen LogP contribution >= 0.6 is 0 Å². The summed E-state index contributed by atoms with van der Waals surface area (Å²) in [5.74, 6) is -1.27. The van der Waals surface area contributed by atoms with Gasteiger partial charge in [0, 0.05) is 6.54 Å². The fraction of sp³-hybridized carbons (Fsp3) is 0.600. The number of urea groups is 1. The van der Waals surface area contributed by atoms with Crippen molar-refractivity contribution < 1.29 is 19.8 Å². The summed E-state index contributed by atoms with van der Waals surface area (Å²) in [4.78, 5) is 21.8. The van der Waals surface area contributed by atoms with Crippen LogP contribution in [0.2, 0.25) is 0 Å². The molecule has 0 bridgehead atoms. The van der Waals surface area contributed by atoms with Crippen molar-refractivity contribution in [3.05, 3.63) is 12.2 Å². The van der Waals surface area contributed by atoms with E-state index in [0.29, 0.717) is 13.0 Å². The van der Waals surface area contributed by atoms with Crippen molar-refractivity contribution in [1.29, 1.82) is 0 Å². The first kappa shape index (κ1) is 14.4. The highest BCUT2D eigenvalue weighted by Gasteiger charge is 2.24. The van der Waals surface area contributed by atoms with Crippen molar-refractivity contribution in [2.75, 3.05) is 6.54 Å². The van der Waals surface area contributed by atoms with Crippen molar-refractivity contribution in [3.63, 3.8) is 0 Å². The predicted molar refractivity (Wildman–Crippen MR) is 59.1 cm³/mol. The number of aliphatic hydroxyl groups is 1. The molecule has 0 aliphatic rings. The van der Waals surface area contributed by atoms with E-state index in [4.69, 9.17) is 10.2 Å². The quantitative estimate of drug-likeness (QED) is 0.384. The Hall–Kier alpha value is -1.56. The summed E-state index contributed by atoms with van der Waals surface area (Å²) in [7, 11) is 0. The van der Waals surface area contributed by atoms with Crippen molar-refractivity contribution >= 4 is 12.0 Å². The number of carboxylic acid groups (broad SMARTS) is 1. The van der Waals surface area contributed by atoms with Crippen LogP contribution < -0.4 is 10.6 Å². The smallest absolute Gasteiger partial charge is 0.328 e. The molecule has 2 atom stereocenters. The normalized spacial score (nSPS) is 14.4. The van der Waals surface area contributed by atoms with Gasteiger partial charge < -0.3 is 20.8 Å². The average molecular weight is 230 g/mol. The van der Waals surface area contributed by atoms with Gasteiger partial charge in [0.2, 0.25) is 0 Å². The van der Waals surface area contributed by atoms with Crippen molar-refractivity contribution in [1.82, 2.24) is 10.6 Å². The van der Waals surface area contributed by atoms with E-state index < -0.39 is 24.1 Å². The molecule has 4 N–H and O–H groups in total. The highest BCUT2D eigenvalue weighted by Crippen LogP contribution is 1.92. The molecular weight excluding hydrogens is 212 g/mol. The molecule has 92 valence electrons. The van der Waals surface area contributed by atoms with Crippen LogP contribution in [0.5, 0.6) is 0 Å². The van der Waals surface area contributed by atoms with E-state index in [-0.39, 0.29) is 0 Å². The predicted octanol–water partition coefficient (Wildman–Crippen LogP) is 0.0858. The lowest BCUT2D eigenvalue weighted by molar-refractivity contribution is -0.141. The zero-order chi connectivity index (χ0) is 12.6. The molecule has 0 aromatic rings. The van der Waals surface area contributed by atoms with Crippen LogP contribution in [0.3, 0.4) is 0 Å². The molecule has 0 spiro atoms. The molecule has 0 aromatic carbocycles. The molecule has 0 saturated carbocycles. The second-order valence-electron chi connectivity index (χ2n) is 3.31. The van der Waals surface area contributed by atoms with Crippen molar-refractivity contribution in [2.45, 2.75) is 32.4 Å². The van der Waals surface area contributed by atoms with Crippen LogP contribution in [0.25, 0.3) is 0 Å². The van der Waals surface area contributed by atoms with E-state index in [1.807, 2.05) is 19.1 Å². The zero-order valence-electron chi connectivity index (χ0n) is 9.43. The summed E-state index contributed by atoms with van der Waals surface area (Å²) in [6.45, 7) is 3.59. The number of amides is 2. The third kappa shape index (κ3) is 6.02. The lowest BCUT2D eigenvalue weighted by Gasteiger charge is -2.17.